The second kappa shape index (κ2) is 11.3. The summed E-state index contributed by atoms with van der Waals surface area (Å²) >= 11 is 0. The monoisotopic (exact) mass is 543 g/mol. The van der Waals surface area contributed by atoms with Crippen LogP contribution in [0.2, 0.25) is 0 Å². The number of anilines is 1. The Morgan fingerprint density at radius 3 is 2.32 bits per heavy atom. The molecule has 1 radical (unpaired) electrons. The molecule has 8 nitrogen and oxygen atoms in total. The van der Waals surface area contributed by atoms with Gasteiger partial charge >= 0.3 is 5.69 Å². The molecule has 1 aromatic heterocycles. The number of nitrogens with two attached hydrogens (primary N) is 1. The van der Waals surface area contributed by atoms with Crippen LogP contribution in [0.1, 0.15) is 17.2 Å². The smallest absolute Gasteiger partial charge is 0.331 e. The molecule has 3 aromatic rings. The van der Waals surface area contributed by atoms with Crippen LogP contribution in [0.5, 0.6) is 0 Å². The molecular weight excluding hydrogens is 521 g/mol. The van der Waals surface area contributed by atoms with Crippen molar-refractivity contribution in [2.45, 2.75) is 19.1 Å². The van der Waals surface area contributed by atoms with Gasteiger partial charge in [0.05, 0.1) is 13.1 Å². The van der Waals surface area contributed by atoms with Crippen LogP contribution in [0.25, 0.3) is 5.32 Å². The van der Waals surface area contributed by atoms with Gasteiger partial charge in [0.1, 0.15) is 17.3 Å². The quantitative estimate of drug-likeness (QED) is 0.512. The van der Waals surface area contributed by atoms with E-state index in [9.17, 15) is 23.2 Å². The Labute approximate surface area is 219 Å². The number of carbonyl (C=O) groups excluding carboxylic acids is 1. The molecule has 1 aliphatic heterocycles. The van der Waals surface area contributed by atoms with E-state index >= 15 is 0 Å². The molecule has 1 fully saturated rings. The van der Waals surface area contributed by atoms with Gasteiger partial charge in [0.15, 0.2) is 0 Å². The van der Waals surface area contributed by atoms with Crippen molar-refractivity contribution in [3.63, 3.8) is 0 Å². The summed E-state index contributed by atoms with van der Waals surface area (Å²) in [7, 11) is 0. The third kappa shape index (κ3) is 5.41. The number of aromatic nitrogens is 2. The summed E-state index contributed by atoms with van der Waals surface area (Å²) in [4.78, 5) is 40.1. The zero-order valence-electron chi connectivity index (χ0n) is 18.2. The summed E-state index contributed by atoms with van der Waals surface area (Å²) in [6.07, 6.45) is 1.17. The van der Waals surface area contributed by atoms with Crippen molar-refractivity contribution in [2.75, 3.05) is 24.5 Å². The molecule has 11 heteroatoms. The fourth-order valence-corrected chi connectivity index (χ4v) is 3.76. The van der Waals surface area contributed by atoms with Crippen molar-refractivity contribution in [2.24, 2.45) is 5.73 Å². The molecule has 2 heterocycles. The summed E-state index contributed by atoms with van der Waals surface area (Å²) < 4.78 is 30.5. The Bertz CT molecular complexity index is 1280. The normalized spacial score (nSPS) is 14.6. The standard InChI is InChI=1S/C23H22F2N5O3.Y/c24-17-7-4-8-18(25)16(17)12-28-14-20(29-10-9-27-11-21(29)31)22(32)30(23(28)33)13-19(26)15-5-2-1-3-6-15;/h1-8,14,19H,9-13,26H2;/q-1;/t19-;/m0./s1. The van der Waals surface area contributed by atoms with Crippen LogP contribution in [0.15, 0.2) is 64.3 Å². The van der Waals surface area contributed by atoms with Crippen LogP contribution < -0.4 is 21.9 Å². The first-order chi connectivity index (χ1) is 15.9. The first-order valence-corrected chi connectivity index (χ1v) is 10.4. The maximum atomic E-state index is 14.3. The molecule has 0 unspecified atom stereocenters. The van der Waals surface area contributed by atoms with E-state index in [4.69, 9.17) is 5.73 Å². The molecule has 2 aromatic carbocycles. The summed E-state index contributed by atoms with van der Waals surface area (Å²) in [5.41, 5.74) is 5.07. The molecule has 1 amide bonds. The van der Waals surface area contributed by atoms with Crippen LogP contribution in [-0.2, 0) is 50.6 Å². The number of hydrogen-bond acceptors (Lipinski definition) is 4. The van der Waals surface area contributed by atoms with E-state index < -0.39 is 41.4 Å². The van der Waals surface area contributed by atoms with E-state index in [1.54, 1.807) is 24.3 Å². The number of benzene rings is 2. The Morgan fingerprint density at radius 2 is 1.68 bits per heavy atom. The summed E-state index contributed by atoms with van der Waals surface area (Å²) in [5.74, 6) is -2.05. The molecule has 34 heavy (non-hydrogen) atoms. The summed E-state index contributed by atoms with van der Waals surface area (Å²) in [5, 5.41) is 4.02. The van der Waals surface area contributed by atoms with Gasteiger partial charge < -0.3 is 16.0 Å². The van der Waals surface area contributed by atoms with Gasteiger partial charge in [-0.15, -0.1) is 6.54 Å². The van der Waals surface area contributed by atoms with E-state index in [1.165, 1.54) is 17.2 Å². The summed E-state index contributed by atoms with van der Waals surface area (Å²) in [6.45, 7) is -0.246. The maximum Gasteiger partial charge on any atom is 0.331 e. The van der Waals surface area contributed by atoms with Gasteiger partial charge in [-0.05, 0) is 17.7 Å². The van der Waals surface area contributed by atoms with E-state index in [0.29, 0.717) is 12.1 Å². The van der Waals surface area contributed by atoms with Gasteiger partial charge in [0.2, 0.25) is 5.91 Å². The first-order valence-electron chi connectivity index (χ1n) is 10.4. The molecular formula is C23H22F2N5O3Y-. The number of nitrogens with zero attached hydrogens (tertiary/aromatic N) is 4. The van der Waals surface area contributed by atoms with Crippen LogP contribution in [0.4, 0.5) is 14.5 Å². The van der Waals surface area contributed by atoms with Crippen molar-refractivity contribution in [1.82, 2.24) is 9.13 Å². The minimum Gasteiger partial charge on any atom is -0.653 e. The van der Waals surface area contributed by atoms with E-state index in [-0.39, 0.29) is 63.6 Å². The van der Waals surface area contributed by atoms with Gasteiger partial charge in [0.25, 0.3) is 5.56 Å². The Hall–Kier alpha value is -2.53. The molecule has 0 bridgehead atoms. The van der Waals surface area contributed by atoms with Gasteiger partial charge in [0, 0.05) is 57.1 Å². The number of piperazine rings is 1. The van der Waals surface area contributed by atoms with Crippen LogP contribution in [0.3, 0.4) is 0 Å². The second-order valence-corrected chi connectivity index (χ2v) is 7.71. The number of halogens is 2. The number of amides is 1. The first kappa shape index (κ1) is 26.1. The Morgan fingerprint density at radius 1 is 1.00 bits per heavy atom. The van der Waals surface area contributed by atoms with E-state index in [2.05, 4.69) is 5.32 Å². The predicted molar refractivity (Wildman–Crippen MR) is 119 cm³/mol. The maximum absolute atomic E-state index is 14.3. The Kier molecular flexibility index (Phi) is 8.64. The number of carbonyl (C=O) groups is 1. The third-order valence-corrected chi connectivity index (χ3v) is 5.54. The van der Waals surface area contributed by atoms with Gasteiger partial charge in [-0.1, -0.05) is 42.9 Å². The topological polar surface area (TPSA) is 104 Å². The van der Waals surface area contributed by atoms with Crippen LogP contribution in [0, 0.1) is 11.6 Å². The van der Waals surface area contributed by atoms with Crippen molar-refractivity contribution >= 4 is 11.6 Å². The molecule has 2 N–H and O–H groups in total. The van der Waals surface area contributed by atoms with E-state index in [1.807, 2.05) is 6.07 Å². The molecule has 0 aliphatic carbocycles. The predicted octanol–water partition coefficient (Wildman–Crippen LogP) is 1.75. The molecule has 1 atom stereocenters. The zero-order valence-corrected chi connectivity index (χ0v) is 21.1. The minimum absolute atomic E-state index is 0. The molecule has 175 valence electrons. The molecule has 0 saturated carbocycles. The van der Waals surface area contributed by atoms with E-state index in [0.717, 1.165) is 21.3 Å². The third-order valence-electron chi connectivity index (χ3n) is 5.54. The average Bonchev–Trinajstić information content (AvgIpc) is 2.81. The summed E-state index contributed by atoms with van der Waals surface area (Å²) in [6, 6.07) is 11.6. The Balaban J connectivity index is 0.00000324. The van der Waals surface area contributed by atoms with Crippen molar-refractivity contribution < 1.29 is 46.3 Å². The fraction of sp³-hybridized carbons (Fsp3) is 0.261. The van der Waals surface area contributed by atoms with Crippen molar-refractivity contribution in [3.8, 4) is 0 Å². The fourth-order valence-electron chi connectivity index (χ4n) is 3.76. The second-order valence-electron chi connectivity index (χ2n) is 7.71. The van der Waals surface area contributed by atoms with Gasteiger partial charge in [-0.3, -0.25) is 18.7 Å². The number of hydrogen-bond donors (Lipinski definition) is 1. The molecule has 1 aliphatic rings. The minimum atomic E-state index is -0.824. The SMILES string of the molecule is N[C@@H](Cn1c(=O)c(N2CC[N-]CC2=O)cn(Cc2c(F)cccc2F)c1=O)c1ccccc1.[Y]. The van der Waals surface area contributed by atoms with Crippen molar-refractivity contribution in [3.05, 3.63) is 104 Å². The van der Waals surface area contributed by atoms with Crippen LogP contribution >= 0.6 is 0 Å². The zero-order chi connectivity index (χ0) is 23.5. The average molecular weight is 543 g/mol. The van der Waals surface area contributed by atoms with Gasteiger partial charge in [-0.2, -0.15) is 0 Å². The molecule has 1 saturated heterocycles. The molecule has 4 rings (SSSR count). The van der Waals surface area contributed by atoms with Gasteiger partial charge in [-0.25, -0.2) is 13.6 Å². The molecule has 0 spiro atoms. The largest absolute Gasteiger partial charge is 0.653 e. The van der Waals surface area contributed by atoms with Crippen LogP contribution in [-0.4, -0.2) is 34.7 Å². The van der Waals surface area contributed by atoms with Crippen molar-refractivity contribution in [1.29, 1.82) is 0 Å². The number of rotatable bonds is 6.